The lowest BCUT2D eigenvalue weighted by molar-refractivity contribution is 0.390. The van der Waals surface area contributed by atoms with E-state index in [1.165, 1.54) is 55.2 Å². The van der Waals surface area contributed by atoms with Crippen LogP contribution in [0.15, 0.2) is 72.0 Å². The van der Waals surface area contributed by atoms with Gasteiger partial charge < -0.3 is 9.30 Å². The van der Waals surface area contributed by atoms with Crippen LogP contribution >= 0.6 is 0 Å². The number of fused-ring (bicyclic) bond motifs is 3. The highest BCUT2D eigenvalue weighted by atomic mass is 16.5. The van der Waals surface area contributed by atoms with Crippen LogP contribution in [-0.4, -0.2) is 4.57 Å². The minimum atomic E-state index is -0.0886. The van der Waals surface area contributed by atoms with E-state index in [2.05, 4.69) is 121 Å². The molecule has 192 valence electrons. The van der Waals surface area contributed by atoms with Gasteiger partial charge in [0.15, 0.2) is 0 Å². The second-order valence-electron chi connectivity index (χ2n) is 11.5. The van der Waals surface area contributed by atoms with Crippen LogP contribution in [-0.2, 0) is 12.5 Å². The fourth-order valence-electron chi connectivity index (χ4n) is 6.21. The molecule has 0 radical (unpaired) electrons. The van der Waals surface area contributed by atoms with Gasteiger partial charge in [-0.2, -0.15) is 0 Å². The lowest BCUT2D eigenvalue weighted by Gasteiger charge is -2.30. The number of nitrogens with zero attached hydrogens (tertiary/aromatic N) is 1. The molecule has 0 aliphatic heterocycles. The molecule has 37 heavy (non-hydrogen) atoms. The summed E-state index contributed by atoms with van der Waals surface area (Å²) in [6.45, 7) is 15.9. The van der Waals surface area contributed by atoms with Crippen molar-refractivity contribution in [2.24, 2.45) is 7.05 Å². The first-order chi connectivity index (χ1) is 17.6. The highest BCUT2D eigenvalue weighted by Crippen LogP contribution is 2.42. The lowest BCUT2D eigenvalue weighted by atomic mass is 9.74. The van der Waals surface area contributed by atoms with Gasteiger partial charge >= 0.3 is 0 Å². The molecule has 1 unspecified atom stereocenters. The van der Waals surface area contributed by atoms with Gasteiger partial charge in [-0.15, -0.1) is 0 Å². The second-order valence-corrected chi connectivity index (χ2v) is 11.5. The third-order valence-electron chi connectivity index (χ3n) is 8.70. The molecule has 1 aromatic heterocycles. The Labute approximate surface area is 222 Å². The molecule has 4 aromatic rings. The van der Waals surface area contributed by atoms with Crippen LogP contribution in [0.25, 0.3) is 21.8 Å². The second kappa shape index (κ2) is 9.56. The van der Waals surface area contributed by atoms with Gasteiger partial charge in [-0.25, -0.2) is 0 Å². The maximum atomic E-state index is 6.69. The molecule has 5 rings (SSSR count). The van der Waals surface area contributed by atoms with Crippen molar-refractivity contribution in [3.63, 3.8) is 0 Å². The Hall–Kier alpha value is -3.26. The summed E-state index contributed by atoms with van der Waals surface area (Å²) in [6.07, 6.45) is 7.52. The number of rotatable bonds is 6. The highest BCUT2D eigenvalue weighted by molar-refractivity contribution is 6.09. The predicted molar refractivity (Wildman–Crippen MR) is 159 cm³/mol. The zero-order valence-electron chi connectivity index (χ0n) is 23.8. The maximum absolute atomic E-state index is 6.69. The Balaban J connectivity index is 1.72. The smallest absolute Gasteiger partial charge is 0.131 e. The third kappa shape index (κ3) is 4.31. The van der Waals surface area contributed by atoms with Crippen LogP contribution in [0, 0.1) is 13.8 Å². The van der Waals surface area contributed by atoms with Gasteiger partial charge in [0.25, 0.3) is 0 Å². The van der Waals surface area contributed by atoms with E-state index in [0.717, 1.165) is 30.8 Å². The molecule has 0 spiro atoms. The fourth-order valence-corrected chi connectivity index (χ4v) is 6.21. The number of ether oxygens (including phenoxy) is 1. The van der Waals surface area contributed by atoms with Crippen LogP contribution in [0.2, 0.25) is 0 Å². The molecule has 3 aromatic carbocycles. The van der Waals surface area contributed by atoms with Crippen LogP contribution in [0.4, 0.5) is 0 Å². The molecule has 2 nitrogen and oxygen atoms in total. The summed E-state index contributed by atoms with van der Waals surface area (Å²) in [4.78, 5) is 0. The first-order valence-electron chi connectivity index (χ1n) is 13.8. The van der Waals surface area contributed by atoms with E-state index in [0.29, 0.717) is 5.92 Å². The van der Waals surface area contributed by atoms with Crippen molar-refractivity contribution in [2.45, 2.75) is 79.1 Å². The molecule has 2 heteroatoms. The Kier molecular flexibility index (Phi) is 6.56. The summed E-state index contributed by atoms with van der Waals surface area (Å²) < 4.78 is 9.07. The average molecular weight is 492 g/mol. The van der Waals surface area contributed by atoms with Crippen molar-refractivity contribution in [2.75, 3.05) is 0 Å². The monoisotopic (exact) mass is 491 g/mol. The Morgan fingerprint density at radius 1 is 0.919 bits per heavy atom. The summed E-state index contributed by atoms with van der Waals surface area (Å²) in [7, 11) is 2.21. The van der Waals surface area contributed by atoms with E-state index in [-0.39, 0.29) is 5.41 Å². The Morgan fingerprint density at radius 3 is 2.32 bits per heavy atom. The minimum absolute atomic E-state index is 0.0886. The van der Waals surface area contributed by atoms with E-state index in [1.807, 2.05) is 0 Å². The number of hydrogen-bond acceptors (Lipinski definition) is 1. The van der Waals surface area contributed by atoms with Crippen LogP contribution < -0.4 is 4.74 Å². The standard InChI is InChI=1S/C35H41NO/c1-9-22(2)26-19-31-28(20-34(26)37-33-17-13-11-15-24(33)4)27-18-25(5)30(21-32(27)36(31)8)35(6,7)29-16-12-10-14-23(29)3/h10-12,14-16,18-22H,9,13,17H2,1-8H3. The molecule has 1 heterocycles. The Morgan fingerprint density at radius 2 is 1.62 bits per heavy atom. The SMILES string of the molecule is CCC(C)c1cc2c(cc1OC1=C(C)C=CCC1)c1cc(C)c(C(C)(C)c3ccccc3C)cc1n2C. The van der Waals surface area contributed by atoms with Crippen LogP contribution in [0.1, 0.15) is 87.6 Å². The molecule has 0 saturated heterocycles. The summed E-state index contributed by atoms with van der Waals surface area (Å²) >= 11 is 0. The average Bonchev–Trinajstić information content (AvgIpc) is 3.14. The molecular weight excluding hydrogens is 450 g/mol. The number of aromatic nitrogens is 1. The van der Waals surface area contributed by atoms with E-state index < -0.39 is 0 Å². The molecule has 0 fully saturated rings. The van der Waals surface area contributed by atoms with Gasteiger partial charge in [0.2, 0.25) is 0 Å². The molecule has 0 saturated carbocycles. The number of aryl methyl sites for hydroxylation is 3. The molecule has 0 amide bonds. The van der Waals surface area contributed by atoms with Gasteiger partial charge in [0, 0.05) is 40.7 Å². The first-order valence-corrected chi connectivity index (χ1v) is 13.8. The molecule has 0 bridgehead atoms. The van der Waals surface area contributed by atoms with Crippen LogP contribution in [0.3, 0.4) is 0 Å². The van der Waals surface area contributed by atoms with Gasteiger partial charge in [-0.1, -0.05) is 64.1 Å². The van der Waals surface area contributed by atoms with Gasteiger partial charge in [-0.05, 0) is 97.2 Å². The molecule has 0 N–H and O–H groups in total. The van der Waals surface area contributed by atoms with Gasteiger partial charge in [0.1, 0.15) is 11.5 Å². The van der Waals surface area contributed by atoms with Gasteiger partial charge in [0.05, 0.1) is 0 Å². The largest absolute Gasteiger partial charge is 0.461 e. The number of allylic oxidation sites excluding steroid dienone is 4. The number of benzene rings is 3. The van der Waals surface area contributed by atoms with Crippen molar-refractivity contribution < 1.29 is 4.74 Å². The lowest BCUT2D eigenvalue weighted by Crippen LogP contribution is -2.21. The molecular formula is C35H41NO. The van der Waals surface area contributed by atoms with Crippen molar-refractivity contribution in [1.29, 1.82) is 0 Å². The van der Waals surface area contributed by atoms with Crippen molar-refractivity contribution in [3.05, 3.63) is 99.8 Å². The first kappa shape index (κ1) is 25.4. The quantitative estimate of drug-likeness (QED) is 0.262. The van der Waals surface area contributed by atoms with Crippen molar-refractivity contribution in [1.82, 2.24) is 4.57 Å². The normalized spacial score (nSPS) is 15.1. The summed E-state index contributed by atoms with van der Waals surface area (Å²) in [5.41, 5.74) is 10.4. The van der Waals surface area contributed by atoms with Crippen LogP contribution in [0.5, 0.6) is 5.75 Å². The van der Waals surface area contributed by atoms with Crippen molar-refractivity contribution in [3.8, 4) is 5.75 Å². The Bertz CT molecular complexity index is 1560. The topological polar surface area (TPSA) is 14.2 Å². The third-order valence-corrected chi connectivity index (χ3v) is 8.70. The maximum Gasteiger partial charge on any atom is 0.131 e. The number of hydrogen-bond donors (Lipinski definition) is 0. The summed E-state index contributed by atoms with van der Waals surface area (Å²) in [5.74, 6) is 2.54. The zero-order chi connectivity index (χ0) is 26.5. The fraction of sp³-hybridized carbons (Fsp3) is 0.371. The van der Waals surface area contributed by atoms with E-state index in [1.54, 1.807) is 0 Å². The minimum Gasteiger partial charge on any atom is -0.461 e. The molecule has 1 atom stereocenters. The highest BCUT2D eigenvalue weighted by Gasteiger charge is 2.28. The zero-order valence-corrected chi connectivity index (χ0v) is 23.8. The summed E-state index contributed by atoms with van der Waals surface area (Å²) in [6, 6.07) is 18.3. The molecule has 1 aliphatic carbocycles. The summed E-state index contributed by atoms with van der Waals surface area (Å²) in [5, 5.41) is 2.57. The van der Waals surface area contributed by atoms with Crippen molar-refractivity contribution >= 4 is 21.8 Å². The van der Waals surface area contributed by atoms with Gasteiger partial charge in [-0.3, -0.25) is 0 Å². The van der Waals surface area contributed by atoms with E-state index >= 15 is 0 Å². The van der Waals surface area contributed by atoms with E-state index in [9.17, 15) is 0 Å². The van der Waals surface area contributed by atoms with E-state index in [4.69, 9.17) is 4.74 Å². The predicted octanol–water partition coefficient (Wildman–Crippen LogP) is 9.79. The molecule has 1 aliphatic rings.